The van der Waals surface area contributed by atoms with Crippen LogP contribution >= 0.6 is 11.6 Å². The van der Waals surface area contributed by atoms with Gasteiger partial charge in [0.05, 0.1) is 29.3 Å². The van der Waals surface area contributed by atoms with Gasteiger partial charge in [0.2, 0.25) is 0 Å². The third-order valence-corrected chi connectivity index (χ3v) is 3.35. The van der Waals surface area contributed by atoms with Crippen LogP contribution < -0.4 is 0 Å². The number of halogens is 1. The maximum atomic E-state index is 12.0. The molecule has 1 saturated heterocycles. The minimum atomic E-state index is -0.519. The first-order valence-electron chi connectivity index (χ1n) is 5.73. The van der Waals surface area contributed by atoms with Crippen LogP contribution in [0.15, 0.2) is 23.3 Å². The van der Waals surface area contributed by atoms with Gasteiger partial charge in [0.1, 0.15) is 0 Å². The molecule has 7 heteroatoms. The fourth-order valence-corrected chi connectivity index (χ4v) is 2.01. The molecule has 1 aromatic rings. The van der Waals surface area contributed by atoms with E-state index in [1.165, 1.54) is 5.06 Å². The third kappa shape index (κ3) is 2.66. The Kier molecular flexibility index (Phi) is 3.66. The lowest BCUT2D eigenvalue weighted by molar-refractivity contribution is -0.165. The Morgan fingerprint density at radius 2 is 2.32 bits per heavy atom. The van der Waals surface area contributed by atoms with E-state index in [-0.39, 0.29) is 12.5 Å². The monoisotopic (exact) mass is 280 g/mol. The highest BCUT2D eigenvalue weighted by molar-refractivity contribution is 6.33. The molecule has 1 heterocycles. The molecule has 0 unspecified atom stereocenters. The molecule has 0 aliphatic carbocycles. The molecular formula is C12H13ClN4O2. The Balaban J connectivity index is 2.23. The summed E-state index contributed by atoms with van der Waals surface area (Å²) in [4.78, 5) is 20.1. The zero-order chi connectivity index (χ0) is 14.0. The van der Waals surface area contributed by atoms with E-state index in [0.29, 0.717) is 22.9 Å². The number of benzene rings is 1. The Morgan fingerprint density at radius 1 is 1.58 bits per heavy atom. The Morgan fingerprint density at radius 3 is 2.89 bits per heavy atom. The van der Waals surface area contributed by atoms with Crippen molar-refractivity contribution in [3.8, 4) is 0 Å². The number of nitrogens with zero attached hydrogens (tertiary/aromatic N) is 4. The number of hydrogen-bond donors (Lipinski definition) is 0. The van der Waals surface area contributed by atoms with Crippen LogP contribution in [0.5, 0.6) is 0 Å². The Labute approximate surface area is 115 Å². The van der Waals surface area contributed by atoms with Crippen molar-refractivity contribution in [3.63, 3.8) is 0 Å². The molecule has 2 rings (SSSR count). The van der Waals surface area contributed by atoms with Crippen molar-refractivity contribution in [1.29, 1.82) is 0 Å². The first kappa shape index (κ1) is 13.7. The van der Waals surface area contributed by atoms with Gasteiger partial charge < -0.3 is 0 Å². The lowest BCUT2D eigenvalue weighted by atomic mass is 9.95. The van der Waals surface area contributed by atoms with Crippen molar-refractivity contribution in [2.24, 2.45) is 10.5 Å². The maximum absolute atomic E-state index is 12.0. The van der Waals surface area contributed by atoms with E-state index in [9.17, 15) is 4.79 Å². The second kappa shape index (κ2) is 5.09. The first-order chi connectivity index (χ1) is 8.95. The smallest absolute Gasteiger partial charge is 0.254 e. The molecule has 1 aromatic carbocycles. The maximum Gasteiger partial charge on any atom is 0.254 e. The quantitative estimate of drug-likeness (QED) is 0.482. The van der Waals surface area contributed by atoms with Gasteiger partial charge in [0, 0.05) is 4.91 Å². The molecule has 0 spiro atoms. The summed E-state index contributed by atoms with van der Waals surface area (Å²) in [6, 6.07) is 5.10. The fraction of sp³-hybridized carbons (Fsp3) is 0.417. The summed E-state index contributed by atoms with van der Waals surface area (Å²) in [6.07, 6.45) is 0. The highest BCUT2D eigenvalue weighted by atomic mass is 35.5. The zero-order valence-electron chi connectivity index (χ0n) is 10.6. The minimum Gasteiger partial charge on any atom is -0.272 e. The predicted molar refractivity (Wildman–Crippen MR) is 70.5 cm³/mol. The van der Waals surface area contributed by atoms with Gasteiger partial charge in [-0.3, -0.25) is 9.63 Å². The number of carbonyl (C=O) groups excluding carboxylic acids is 1. The van der Waals surface area contributed by atoms with Gasteiger partial charge in [0.15, 0.2) is 0 Å². The molecule has 0 saturated carbocycles. The van der Waals surface area contributed by atoms with E-state index < -0.39 is 5.41 Å². The first-order valence-corrected chi connectivity index (χ1v) is 6.11. The zero-order valence-corrected chi connectivity index (χ0v) is 11.4. The number of rotatable bonds is 3. The van der Waals surface area contributed by atoms with Crippen LogP contribution in [0.25, 0.3) is 10.4 Å². The summed E-state index contributed by atoms with van der Waals surface area (Å²) < 4.78 is 0. The Bertz CT molecular complexity index is 567. The second-order valence-corrected chi connectivity index (χ2v) is 5.32. The SMILES string of the molecule is CC1(C)CON(Cc2cccc(N=[N+]=[N-])c2Cl)C1=O. The van der Waals surface area contributed by atoms with E-state index in [0.717, 1.165) is 0 Å². The summed E-state index contributed by atoms with van der Waals surface area (Å²) in [5.41, 5.74) is 8.94. The summed E-state index contributed by atoms with van der Waals surface area (Å²) in [5, 5.41) is 5.12. The highest BCUT2D eigenvalue weighted by Crippen LogP contribution is 2.32. The highest BCUT2D eigenvalue weighted by Gasteiger charge is 2.40. The standard InChI is InChI=1S/C12H13ClN4O2/c1-12(2)7-19-17(11(12)18)6-8-4-3-5-9(10(8)13)15-16-14/h3-5H,6-7H2,1-2H3. The minimum absolute atomic E-state index is 0.0854. The van der Waals surface area contributed by atoms with Crippen LogP contribution in [-0.4, -0.2) is 17.6 Å². The molecule has 19 heavy (non-hydrogen) atoms. The molecule has 1 aliphatic heterocycles. The molecule has 0 aromatic heterocycles. The van der Waals surface area contributed by atoms with Crippen molar-refractivity contribution in [2.75, 3.05) is 6.61 Å². The van der Waals surface area contributed by atoms with Crippen LogP contribution in [0, 0.1) is 5.41 Å². The van der Waals surface area contributed by atoms with E-state index in [4.69, 9.17) is 22.0 Å². The van der Waals surface area contributed by atoms with Crippen LogP contribution in [0.3, 0.4) is 0 Å². The molecule has 1 aliphatic rings. The van der Waals surface area contributed by atoms with Crippen LogP contribution in [0.2, 0.25) is 5.02 Å². The molecule has 0 atom stereocenters. The molecule has 100 valence electrons. The van der Waals surface area contributed by atoms with Crippen molar-refractivity contribution in [3.05, 3.63) is 39.2 Å². The van der Waals surface area contributed by atoms with Crippen molar-refractivity contribution < 1.29 is 9.63 Å². The van der Waals surface area contributed by atoms with Gasteiger partial charge in [0.25, 0.3) is 5.91 Å². The van der Waals surface area contributed by atoms with E-state index in [1.807, 2.05) is 13.8 Å². The number of amides is 1. The summed E-state index contributed by atoms with van der Waals surface area (Å²) in [5.74, 6) is -0.0854. The molecule has 0 N–H and O–H groups in total. The number of carbonyl (C=O) groups is 1. The van der Waals surface area contributed by atoms with E-state index >= 15 is 0 Å². The van der Waals surface area contributed by atoms with Gasteiger partial charge in [-0.25, -0.2) is 5.06 Å². The number of hydroxylamine groups is 2. The third-order valence-electron chi connectivity index (χ3n) is 2.91. The van der Waals surface area contributed by atoms with E-state index in [2.05, 4.69) is 10.0 Å². The van der Waals surface area contributed by atoms with Gasteiger partial charge in [-0.2, -0.15) is 0 Å². The predicted octanol–water partition coefficient (Wildman–Crippen LogP) is 3.58. The largest absolute Gasteiger partial charge is 0.272 e. The lowest BCUT2D eigenvalue weighted by Gasteiger charge is -2.17. The van der Waals surface area contributed by atoms with Gasteiger partial charge >= 0.3 is 0 Å². The summed E-state index contributed by atoms with van der Waals surface area (Å²) in [6.45, 7) is 4.23. The van der Waals surface area contributed by atoms with Crippen LogP contribution in [0.4, 0.5) is 5.69 Å². The van der Waals surface area contributed by atoms with Gasteiger partial charge in [-0.1, -0.05) is 34.9 Å². The molecule has 6 nitrogen and oxygen atoms in total. The van der Waals surface area contributed by atoms with E-state index in [1.54, 1.807) is 18.2 Å². The average Bonchev–Trinajstić information content (AvgIpc) is 2.61. The van der Waals surface area contributed by atoms with Crippen LogP contribution in [0.1, 0.15) is 19.4 Å². The lowest BCUT2D eigenvalue weighted by Crippen LogP contribution is -2.30. The van der Waals surface area contributed by atoms with Crippen molar-refractivity contribution in [1.82, 2.24) is 5.06 Å². The van der Waals surface area contributed by atoms with Crippen molar-refractivity contribution in [2.45, 2.75) is 20.4 Å². The van der Waals surface area contributed by atoms with Crippen molar-refractivity contribution >= 4 is 23.2 Å². The summed E-state index contributed by atoms with van der Waals surface area (Å²) >= 11 is 6.13. The summed E-state index contributed by atoms with van der Waals surface area (Å²) in [7, 11) is 0. The molecule has 1 amide bonds. The molecule has 1 fully saturated rings. The molecule has 0 radical (unpaired) electrons. The van der Waals surface area contributed by atoms with Crippen LogP contribution in [-0.2, 0) is 16.2 Å². The number of azide groups is 1. The normalized spacial score (nSPS) is 17.4. The average molecular weight is 281 g/mol. The Hall–Kier alpha value is -1.75. The molecule has 0 bridgehead atoms. The van der Waals surface area contributed by atoms with Gasteiger partial charge in [-0.05, 0) is 24.9 Å². The number of hydrogen-bond acceptors (Lipinski definition) is 3. The van der Waals surface area contributed by atoms with Gasteiger partial charge in [-0.15, -0.1) is 0 Å². The topological polar surface area (TPSA) is 78.3 Å². The second-order valence-electron chi connectivity index (χ2n) is 4.94. The molecular weight excluding hydrogens is 268 g/mol. The fourth-order valence-electron chi connectivity index (χ4n) is 1.78.